The lowest BCUT2D eigenvalue weighted by Crippen LogP contribution is -2.26. The highest BCUT2D eigenvalue weighted by Crippen LogP contribution is 2.16. The van der Waals surface area contributed by atoms with Gasteiger partial charge in [0.2, 0.25) is 0 Å². The van der Waals surface area contributed by atoms with E-state index in [0.29, 0.717) is 22.9 Å². The molecule has 0 aliphatic heterocycles. The Morgan fingerprint density at radius 1 is 1.45 bits per heavy atom. The second kappa shape index (κ2) is 5.38. The van der Waals surface area contributed by atoms with Gasteiger partial charge >= 0.3 is 0 Å². The van der Waals surface area contributed by atoms with Crippen LogP contribution in [0.1, 0.15) is 16.1 Å². The number of aromatic nitrogens is 2. The third-order valence-electron chi connectivity index (χ3n) is 3.00. The second-order valence-corrected chi connectivity index (χ2v) is 4.74. The number of nitrogens with zero attached hydrogens (tertiary/aromatic N) is 2. The van der Waals surface area contributed by atoms with Crippen LogP contribution in [-0.2, 0) is 6.42 Å². The molecule has 0 unspecified atom stereocenters. The number of hydrogen-bond acceptors (Lipinski definition) is 3. The van der Waals surface area contributed by atoms with Gasteiger partial charge < -0.3 is 9.73 Å². The Morgan fingerprint density at radius 2 is 2.35 bits per heavy atom. The Bertz CT molecular complexity index is 734. The van der Waals surface area contributed by atoms with Gasteiger partial charge in [-0.25, -0.2) is 4.98 Å². The van der Waals surface area contributed by atoms with E-state index in [2.05, 4.69) is 10.3 Å². The molecule has 0 bridgehead atoms. The fourth-order valence-corrected chi connectivity index (χ4v) is 2.20. The number of carbonyl (C=O) groups is 1. The van der Waals surface area contributed by atoms with E-state index in [0.717, 1.165) is 12.0 Å². The van der Waals surface area contributed by atoms with Crippen molar-refractivity contribution in [1.82, 2.24) is 14.7 Å². The maximum atomic E-state index is 12.1. The molecule has 5 nitrogen and oxygen atoms in total. The number of nitrogens with one attached hydrogen (secondary N) is 1. The molecule has 3 aromatic rings. The van der Waals surface area contributed by atoms with Crippen molar-refractivity contribution >= 4 is 23.2 Å². The zero-order valence-electron chi connectivity index (χ0n) is 10.5. The van der Waals surface area contributed by atoms with Gasteiger partial charge in [-0.1, -0.05) is 11.6 Å². The van der Waals surface area contributed by atoms with Crippen LogP contribution in [0.5, 0.6) is 0 Å². The maximum Gasteiger partial charge on any atom is 0.269 e. The summed E-state index contributed by atoms with van der Waals surface area (Å²) < 4.78 is 6.65. The molecule has 0 aromatic carbocycles. The van der Waals surface area contributed by atoms with Crippen LogP contribution in [0.3, 0.4) is 0 Å². The zero-order valence-corrected chi connectivity index (χ0v) is 11.3. The highest BCUT2D eigenvalue weighted by atomic mass is 35.5. The topological polar surface area (TPSA) is 59.5 Å². The first-order valence-corrected chi connectivity index (χ1v) is 6.54. The first-order valence-electron chi connectivity index (χ1n) is 6.16. The summed E-state index contributed by atoms with van der Waals surface area (Å²) in [4.78, 5) is 16.3. The fraction of sp³-hybridized carbons (Fsp3) is 0.143. The van der Waals surface area contributed by atoms with Crippen LogP contribution >= 0.6 is 11.6 Å². The number of imidazole rings is 1. The van der Waals surface area contributed by atoms with Gasteiger partial charge in [0.15, 0.2) is 5.65 Å². The average molecular weight is 290 g/mol. The minimum atomic E-state index is -0.178. The number of hydrogen-bond donors (Lipinski definition) is 1. The Balaban J connectivity index is 1.71. The van der Waals surface area contributed by atoms with Crippen molar-refractivity contribution in [2.24, 2.45) is 0 Å². The monoisotopic (exact) mass is 289 g/mol. The van der Waals surface area contributed by atoms with E-state index in [1.807, 2.05) is 6.07 Å². The number of furan rings is 1. The molecule has 1 amide bonds. The van der Waals surface area contributed by atoms with Crippen molar-refractivity contribution in [3.63, 3.8) is 0 Å². The van der Waals surface area contributed by atoms with Gasteiger partial charge in [0.1, 0.15) is 5.69 Å². The molecule has 0 saturated heterocycles. The summed E-state index contributed by atoms with van der Waals surface area (Å²) in [6.45, 7) is 0.534. The van der Waals surface area contributed by atoms with E-state index < -0.39 is 0 Å². The normalized spacial score (nSPS) is 10.8. The lowest BCUT2D eigenvalue weighted by molar-refractivity contribution is 0.0948. The summed E-state index contributed by atoms with van der Waals surface area (Å²) >= 11 is 6.02. The molecule has 0 aliphatic carbocycles. The smallest absolute Gasteiger partial charge is 0.269 e. The molecule has 6 heteroatoms. The first-order chi connectivity index (χ1) is 9.75. The number of carbonyl (C=O) groups excluding carboxylic acids is 1. The van der Waals surface area contributed by atoms with E-state index in [9.17, 15) is 4.79 Å². The van der Waals surface area contributed by atoms with Gasteiger partial charge in [0, 0.05) is 12.7 Å². The van der Waals surface area contributed by atoms with E-state index in [-0.39, 0.29) is 5.91 Å². The van der Waals surface area contributed by atoms with Gasteiger partial charge in [-0.15, -0.1) is 0 Å². The number of pyridine rings is 1. The Labute approximate surface area is 120 Å². The van der Waals surface area contributed by atoms with E-state index in [1.54, 1.807) is 35.3 Å². The number of amides is 1. The zero-order chi connectivity index (χ0) is 13.9. The highest BCUT2D eigenvalue weighted by molar-refractivity contribution is 6.33. The molecule has 3 heterocycles. The average Bonchev–Trinajstić information content (AvgIpc) is 3.08. The van der Waals surface area contributed by atoms with Gasteiger partial charge in [0.05, 0.1) is 23.7 Å². The van der Waals surface area contributed by atoms with Crippen LogP contribution in [0.25, 0.3) is 5.65 Å². The molecule has 1 N–H and O–H groups in total. The van der Waals surface area contributed by atoms with Crippen molar-refractivity contribution < 1.29 is 9.21 Å². The van der Waals surface area contributed by atoms with Crippen molar-refractivity contribution in [1.29, 1.82) is 0 Å². The van der Waals surface area contributed by atoms with E-state index >= 15 is 0 Å². The second-order valence-electron chi connectivity index (χ2n) is 4.33. The Hall–Kier alpha value is -2.27. The molecule has 0 radical (unpaired) electrons. The Morgan fingerprint density at radius 3 is 3.15 bits per heavy atom. The predicted octanol–water partition coefficient (Wildman–Crippen LogP) is 2.55. The van der Waals surface area contributed by atoms with E-state index in [4.69, 9.17) is 16.0 Å². The molecule has 3 rings (SSSR count). The van der Waals surface area contributed by atoms with Gasteiger partial charge in [0.25, 0.3) is 5.91 Å². The summed E-state index contributed by atoms with van der Waals surface area (Å²) in [5.41, 5.74) is 2.09. The van der Waals surface area contributed by atoms with Crippen molar-refractivity contribution in [2.75, 3.05) is 6.54 Å². The lowest BCUT2D eigenvalue weighted by atomic mass is 10.2. The molecular formula is C14H12ClN3O2. The standard InChI is InChI=1S/C14H12ClN3O2/c15-11-2-1-6-18-12(8-17-13(11)18)14(19)16-5-3-10-4-7-20-9-10/h1-2,4,6-9H,3,5H2,(H,16,19). The number of rotatable bonds is 4. The lowest BCUT2D eigenvalue weighted by Gasteiger charge is -2.04. The van der Waals surface area contributed by atoms with Crippen LogP contribution in [0.4, 0.5) is 0 Å². The van der Waals surface area contributed by atoms with Crippen molar-refractivity contribution in [2.45, 2.75) is 6.42 Å². The molecule has 102 valence electrons. The largest absolute Gasteiger partial charge is 0.472 e. The predicted molar refractivity (Wildman–Crippen MR) is 74.9 cm³/mol. The minimum absolute atomic E-state index is 0.178. The highest BCUT2D eigenvalue weighted by Gasteiger charge is 2.12. The quantitative estimate of drug-likeness (QED) is 0.803. The molecule has 0 aliphatic rings. The molecule has 0 saturated carbocycles. The van der Waals surface area contributed by atoms with Crippen LogP contribution in [0.15, 0.2) is 47.5 Å². The van der Waals surface area contributed by atoms with Crippen LogP contribution < -0.4 is 5.32 Å². The Kier molecular flexibility index (Phi) is 3.43. The molecule has 0 fully saturated rings. The summed E-state index contributed by atoms with van der Waals surface area (Å²) in [7, 11) is 0. The summed E-state index contributed by atoms with van der Waals surface area (Å²) in [6.07, 6.45) is 7.29. The van der Waals surface area contributed by atoms with Gasteiger partial charge in [-0.3, -0.25) is 9.20 Å². The third-order valence-corrected chi connectivity index (χ3v) is 3.30. The molecule has 0 atom stereocenters. The van der Waals surface area contributed by atoms with Crippen molar-refractivity contribution in [3.05, 3.63) is 59.4 Å². The van der Waals surface area contributed by atoms with Crippen LogP contribution in [-0.4, -0.2) is 21.8 Å². The number of halogens is 1. The van der Waals surface area contributed by atoms with E-state index in [1.165, 1.54) is 6.20 Å². The maximum absolute atomic E-state index is 12.1. The first kappa shape index (κ1) is 12.7. The van der Waals surface area contributed by atoms with Gasteiger partial charge in [-0.05, 0) is 30.2 Å². The SMILES string of the molecule is O=C(NCCc1ccoc1)c1cnc2c(Cl)cccn12. The fourth-order valence-electron chi connectivity index (χ4n) is 1.99. The molecule has 3 aromatic heterocycles. The van der Waals surface area contributed by atoms with Crippen LogP contribution in [0, 0.1) is 0 Å². The summed E-state index contributed by atoms with van der Waals surface area (Å²) in [5, 5.41) is 3.37. The molecular weight excluding hydrogens is 278 g/mol. The van der Waals surface area contributed by atoms with Gasteiger partial charge in [-0.2, -0.15) is 0 Å². The minimum Gasteiger partial charge on any atom is -0.472 e. The summed E-state index contributed by atoms with van der Waals surface area (Å²) in [6, 6.07) is 5.39. The molecule has 20 heavy (non-hydrogen) atoms. The number of fused-ring (bicyclic) bond motifs is 1. The summed E-state index contributed by atoms with van der Waals surface area (Å²) in [5.74, 6) is -0.178. The van der Waals surface area contributed by atoms with Crippen molar-refractivity contribution in [3.8, 4) is 0 Å². The third kappa shape index (κ3) is 2.40. The van der Waals surface area contributed by atoms with Crippen LogP contribution in [0.2, 0.25) is 5.02 Å². The molecule has 0 spiro atoms.